The van der Waals surface area contributed by atoms with Gasteiger partial charge < -0.3 is 19.5 Å². The molecule has 0 spiro atoms. The molecule has 3 aromatic carbocycles. The maximum Gasteiger partial charge on any atom is 0.240 e. The first-order valence-corrected chi connectivity index (χ1v) is 15.1. The summed E-state index contributed by atoms with van der Waals surface area (Å²) in [5.41, 5.74) is 5.29. The number of ether oxygens (including phenoxy) is 3. The van der Waals surface area contributed by atoms with Crippen LogP contribution in [-0.2, 0) is 14.3 Å². The van der Waals surface area contributed by atoms with Crippen molar-refractivity contribution in [2.75, 3.05) is 51.7 Å². The highest BCUT2D eigenvalue weighted by molar-refractivity contribution is 8.00. The number of aryl methyl sites for hydroxylation is 1. The zero-order chi connectivity index (χ0) is 30.3. The van der Waals surface area contributed by atoms with Crippen molar-refractivity contribution >= 4 is 29.4 Å². The Bertz CT molecular complexity index is 1590. The molecule has 43 heavy (non-hydrogen) atoms. The number of fused-ring (bicyclic) bond motifs is 1. The number of carbonyl (C=O) groups is 2. The summed E-state index contributed by atoms with van der Waals surface area (Å²) in [6, 6.07) is 23.7. The molecule has 0 aliphatic carbocycles. The Morgan fingerprint density at radius 1 is 1.00 bits per heavy atom. The molecule has 4 aromatic rings. The first-order chi connectivity index (χ1) is 20.9. The van der Waals surface area contributed by atoms with Crippen LogP contribution >= 0.6 is 11.8 Å². The molecule has 1 unspecified atom stereocenters. The summed E-state index contributed by atoms with van der Waals surface area (Å²) in [6.07, 6.45) is 0.679. The van der Waals surface area contributed by atoms with Crippen LogP contribution in [0, 0.1) is 6.92 Å². The summed E-state index contributed by atoms with van der Waals surface area (Å²) in [6.45, 7) is 2.88. The topological polar surface area (TPSA) is 94.9 Å². The molecule has 0 bridgehead atoms. The highest BCUT2D eigenvalue weighted by Gasteiger charge is 2.38. The monoisotopic (exact) mass is 600 g/mol. The maximum absolute atomic E-state index is 13.9. The third-order valence-electron chi connectivity index (χ3n) is 7.24. The number of hydrogen-bond acceptors (Lipinski definition) is 7. The molecule has 1 aromatic heterocycles. The first-order valence-electron chi connectivity index (χ1n) is 14.1. The normalized spacial score (nSPS) is 14.7. The van der Waals surface area contributed by atoms with Gasteiger partial charge in [-0.25, -0.2) is 4.68 Å². The Hall–Kier alpha value is -4.28. The van der Waals surface area contributed by atoms with E-state index in [1.54, 1.807) is 30.9 Å². The zero-order valence-electron chi connectivity index (χ0n) is 24.8. The molecule has 0 saturated carbocycles. The minimum atomic E-state index is -0.290. The minimum Gasteiger partial charge on any atom is -0.493 e. The molecule has 9 nitrogen and oxygen atoms in total. The van der Waals surface area contributed by atoms with Gasteiger partial charge in [0.15, 0.2) is 11.5 Å². The van der Waals surface area contributed by atoms with Gasteiger partial charge in [0.25, 0.3) is 0 Å². The molecule has 224 valence electrons. The fourth-order valence-electron chi connectivity index (χ4n) is 5.19. The van der Waals surface area contributed by atoms with Crippen molar-refractivity contribution in [3.63, 3.8) is 0 Å². The van der Waals surface area contributed by atoms with Crippen molar-refractivity contribution in [2.45, 2.75) is 18.6 Å². The standard InChI is InChI=1S/C33H36N4O5S/c1-22-10-8-13-25(18-22)37-33-30(31(35-37)23-11-6-5-7-12-23)32(24-14-15-26(41-3)27(19-24)42-4)43-21-29(39)36(33)20-28(38)34-16-9-17-40-2/h5-8,10-15,18-19,32H,9,16-17,20-21H2,1-4H3,(H,34,38). The number of amides is 2. The van der Waals surface area contributed by atoms with E-state index < -0.39 is 0 Å². The van der Waals surface area contributed by atoms with Crippen LogP contribution in [0.15, 0.2) is 72.8 Å². The molecule has 5 rings (SSSR count). The summed E-state index contributed by atoms with van der Waals surface area (Å²) >= 11 is 1.51. The Balaban J connectivity index is 1.73. The van der Waals surface area contributed by atoms with Crippen LogP contribution in [0.1, 0.15) is 28.4 Å². The quantitative estimate of drug-likeness (QED) is 0.237. The summed E-state index contributed by atoms with van der Waals surface area (Å²) in [5, 5.41) is 7.80. The number of rotatable bonds is 11. The van der Waals surface area contributed by atoms with Crippen LogP contribution in [0.4, 0.5) is 5.82 Å². The van der Waals surface area contributed by atoms with E-state index in [1.165, 1.54) is 11.8 Å². The second-order valence-corrected chi connectivity index (χ2v) is 11.3. The number of benzene rings is 3. The third-order valence-corrected chi connectivity index (χ3v) is 8.50. The number of nitrogens with zero attached hydrogens (tertiary/aromatic N) is 3. The minimum absolute atomic E-state index is 0.135. The molecule has 2 heterocycles. The van der Waals surface area contributed by atoms with E-state index in [-0.39, 0.29) is 29.4 Å². The number of hydrogen-bond donors (Lipinski definition) is 1. The highest BCUT2D eigenvalue weighted by atomic mass is 32.2. The molecule has 0 fully saturated rings. The molecule has 0 radical (unpaired) electrons. The fourth-order valence-corrected chi connectivity index (χ4v) is 6.38. The average Bonchev–Trinajstić information content (AvgIpc) is 3.36. The number of carbonyl (C=O) groups excluding carboxylic acids is 2. The largest absolute Gasteiger partial charge is 0.493 e. The predicted octanol–water partition coefficient (Wildman–Crippen LogP) is 5.19. The second kappa shape index (κ2) is 13.8. The van der Waals surface area contributed by atoms with Crippen LogP contribution in [0.25, 0.3) is 16.9 Å². The lowest BCUT2D eigenvalue weighted by Gasteiger charge is -2.23. The van der Waals surface area contributed by atoms with E-state index >= 15 is 0 Å². The number of thioether (sulfide) groups is 1. The van der Waals surface area contributed by atoms with Gasteiger partial charge >= 0.3 is 0 Å². The van der Waals surface area contributed by atoms with Crippen LogP contribution in [-0.4, -0.2) is 68.4 Å². The molecule has 1 aliphatic rings. The molecular formula is C33H36N4O5S. The second-order valence-electron chi connectivity index (χ2n) is 10.2. The number of methoxy groups -OCH3 is 3. The van der Waals surface area contributed by atoms with Crippen LogP contribution in [0.2, 0.25) is 0 Å². The molecule has 1 atom stereocenters. The Labute approximate surface area is 256 Å². The van der Waals surface area contributed by atoms with E-state index in [4.69, 9.17) is 19.3 Å². The highest BCUT2D eigenvalue weighted by Crippen LogP contribution is 2.49. The SMILES string of the molecule is COCCCNC(=O)CN1C(=O)CSC(c2ccc(OC)c(OC)c2)c2c(-c3ccccc3)nn(-c3cccc(C)c3)c21. The van der Waals surface area contributed by atoms with E-state index in [0.29, 0.717) is 36.9 Å². The van der Waals surface area contributed by atoms with Gasteiger partial charge in [-0.1, -0.05) is 48.5 Å². The summed E-state index contributed by atoms with van der Waals surface area (Å²) in [4.78, 5) is 28.7. The Morgan fingerprint density at radius 3 is 2.51 bits per heavy atom. The van der Waals surface area contributed by atoms with Crippen molar-refractivity contribution in [1.29, 1.82) is 0 Å². The van der Waals surface area contributed by atoms with E-state index in [0.717, 1.165) is 33.6 Å². The number of anilines is 1. The molecule has 1 aliphatic heterocycles. The van der Waals surface area contributed by atoms with Crippen LogP contribution in [0.3, 0.4) is 0 Å². The third kappa shape index (κ3) is 6.55. The molecule has 2 amide bonds. The van der Waals surface area contributed by atoms with E-state index in [2.05, 4.69) is 5.32 Å². The summed E-state index contributed by atoms with van der Waals surface area (Å²) < 4.78 is 18.1. The Morgan fingerprint density at radius 2 is 1.79 bits per heavy atom. The lowest BCUT2D eigenvalue weighted by molar-refractivity contribution is -0.122. The molecule has 10 heteroatoms. The van der Waals surface area contributed by atoms with Gasteiger partial charge in [0.05, 0.1) is 36.6 Å². The summed E-state index contributed by atoms with van der Waals surface area (Å²) in [7, 11) is 4.84. The molecule has 1 N–H and O–H groups in total. The van der Waals surface area contributed by atoms with Crippen molar-refractivity contribution < 1.29 is 23.8 Å². The van der Waals surface area contributed by atoms with Gasteiger partial charge in [-0.2, -0.15) is 5.10 Å². The maximum atomic E-state index is 13.9. The van der Waals surface area contributed by atoms with Gasteiger partial charge in [0.2, 0.25) is 11.8 Å². The number of aromatic nitrogens is 2. The van der Waals surface area contributed by atoms with Gasteiger partial charge in [-0.05, 0) is 48.7 Å². The van der Waals surface area contributed by atoms with Crippen molar-refractivity contribution in [3.05, 3.63) is 89.5 Å². The van der Waals surface area contributed by atoms with E-state index in [9.17, 15) is 9.59 Å². The van der Waals surface area contributed by atoms with Gasteiger partial charge in [0.1, 0.15) is 12.4 Å². The predicted molar refractivity (Wildman–Crippen MR) is 169 cm³/mol. The van der Waals surface area contributed by atoms with Crippen LogP contribution < -0.4 is 19.7 Å². The lowest BCUT2D eigenvalue weighted by atomic mass is 9.99. The van der Waals surface area contributed by atoms with Crippen LogP contribution in [0.5, 0.6) is 11.5 Å². The first kappa shape index (κ1) is 30.2. The van der Waals surface area contributed by atoms with Gasteiger partial charge in [-0.15, -0.1) is 11.8 Å². The smallest absolute Gasteiger partial charge is 0.240 e. The van der Waals surface area contributed by atoms with Crippen molar-refractivity contribution in [2.24, 2.45) is 0 Å². The molecular weight excluding hydrogens is 564 g/mol. The van der Waals surface area contributed by atoms with Crippen molar-refractivity contribution in [3.8, 4) is 28.4 Å². The zero-order valence-corrected chi connectivity index (χ0v) is 25.6. The summed E-state index contributed by atoms with van der Waals surface area (Å²) in [5.74, 6) is 1.54. The van der Waals surface area contributed by atoms with Gasteiger partial charge in [0, 0.05) is 31.4 Å². The molecule has 0 saturated heterocycles. The number of nitrogens with one attached hydrogen (secondary N) is 1. The van der Waals surface area contributed by atoms with Crippen molar-refractivity contribution in [1.82, 2.24) is 15.1 Å². The fraction of sp³-hybridized carbons (Fsp3) is 0.303. The average molecular weight is 601 g/mol. The Kier molecular flexibility index (Phi) is 9.68. The van der Waals surface area contributed by atoms with Gasteiger partial charge in [-0.3, -0.25) is 14.5 Å². The van der Waals surface area contributed by atoms with E-state index in [1.807, 2.05) is 79.7 Å². The lowest BCUT2D eigenvalue weighted by Crippen LogP contribution is -2.42.